The molecule has 1 heteroatoms. The normalized spacial score (nSPS) is 12.8. The van der Waals surface area contributed by atoms with Gasteiger partial charge in [-0.15, -0.1) is 6.42 Å². The fourth-order valence-electron chi connectivity index (χ4n) is 2.73. The van der Waals surface area contributed by atoms with E-state index in [0.717, 1.165) is 43.6 Å². The highest BCUT2D eigenvalue weighted by Gasteiger charge is 2.10. The van der Waals surface area contributed by atoms with Gasteiger partial charge >= 0.3 is 0 Å². The average Bonchev–Trinajstić information content (AvgIpc) is 2.62. The molecule has 134 valence electrons. The summed E-state index contributed by atoms with van der Waals surface area (Å²) in [6.07, 6.45) is 15.0. The monoisotopic (exact) mass is 335 g/mol. The zero-order valence-electron chi connectivity index (χ0n) is 16.4. The average molecular weight is 336 g/mol. The third-order valence-corrected chi connectivity index (χ3v) is 4.47. The van der Waals surface area contributed by atoms with Crippen molar-refractivity contribution in [2.75, 3.05) is 13.1 Å². The van der Waals surface area contributed by atoms with Crippen LogP contribution in [0.4, 0.5) is 0 Å². The van der Waals surface area contributed by atoms with E-state index in [4.69, 9.17) is 6.42 Å². The summed E-state index contributed by atoms with van der Waals surface area (Å²) in [5, 5.41) is 0. The smallest absolute Gasteiger partial charge is 0.0366 e. The molecular formula is C24H33N. The van der Waals surface area contributed by atoms with Gasteiger partial charge in [-0.3, -0.25) is 0 Å². The van der Waals surface area contributed by atoms with Gasteiger partial charge in [-0.05, 0) is 44.6 Å². The zero-order valence-corrected chi connectivity index (χ0v) is 16.4. The summed E-state index contributed by atoms with van der Waals surface area (Å²) in [6, 6.07) is 8.65. The summed E-state index contributed by atoms with van der Waals surface area (Å²) >= 11 is 0. The Morgan fingerprint density at radius 1 is 1.28 bits per heavy atom. The SMILES string of the molecule is C#CC(/C=C\CC(C)CCN(CCC)C(=C)c1ccc(C)cc1)=C/C. The van der Waals surface area contributed by atoms with E-state index in [9.17, 15) is 0 Å². The highest BCUT2D eigenvalue weighted by atomic mass is 15.1. The first-order valence-electron chi connectivity index (χ1n) is 9.32. The lowest BCUT2D eigenvalue weighted by atomic mass is 10.0. The van der Waals surface area contributed by atoms with Crippen molar-refractivity contribution in [3.05, 3.63) is 65.8 Å². The van der Waals surface area contributed by atoms with Crippen LogP contribution in [0.25, 0.3) is 5.70 Å². The Labute approximate surface area is 155 Å². The molecule has 0 fully saturated rings. The van der Waals surface area contributed by atoms with Crippen LogP contribution >= 0.6 is 0 Å². The van der Waals surface area contributed by atoms with Crippen LogP contribution in [0.5, 0.6) is 0 Å². The number of nitrogens with zero attached hydrogens (tertiary/aromatic N) is 1. The van der Waals surface area contributed by atoms with E-state index in [2.05, 4.69) is 68.5 Å². The molecule has 0 saturated heterocycles. The van der Waals surface area contributed by atoms with Crippen molar-refractivity contribution in [2.24, 2.45) is 5.92 Å². The van der Waals surface area contributed by atoms with Crippen LogP contribution in [-0.2, 0) is 0 Å². The van der Waals surface area contributed by atoms with Crippen LogP contribution < -0.4 is 0 Å². The predicted molar refractivity (Wildman–Crippen MR) is 112 cm³/mol. The summed E-state index contributed by atoms with van der Waals surface area (Å²) in [5.41, 5.74) is 4.59. The first-order valence-corrected chi connectivity index (χ1v) is 9.32. The molecule has 1 aromatic rings. The van der Waals surface area contributed by atoms with Crippen molar-refractivity contribution in [1.82, 2.24) is 4.90 Å². The number of rotatable bonds is 10. The number of allylic oxidation sites excluding steroid dienone is 4. The van der Waals surface area contributed by atoms with Gasteiger partial charge in [0.1, 0.15) is 0 Å². The molecule has 0 aliphatic heterocycles. The van der Waals surface area contributed by atoms with Crippen LogP contribution in [0.2, 0.25) is 0 Å². The number of aryl methyl sites for hydroxylation is 1. The van der Waals surface area contributed by atoms with Gasteiger partial charge in [0.05, 0.1) is 0 Å². The Morgan fingerprint density at radius 3 is 2.52 bits per heavy atom. The molecule has 0 heterocycles. The molecule has 1 unspecified atom stereocenters. The van der Waals surface area contributed by atoms with Gasteiger partial charge in [0.2, 0.25) is 0 Å². The van der Waals surface area contributed by atoms with Crippen molar-refractivity contribution in [1.29, 1.82) is 0 Å². The Balaban J connectivity index is 2.58. The first-order chi connectivity index (χ1) is 12.0. The summed E-state index contributed by atoms with van der Waals surface area (Å²) in [5.74, 6) is 3.31. The maximum atomic E-state index is 5.44. The third-order valence-electron chi connectivity index (χ3n) is 4.47. The van der Waals surface area contributed by atoms with Gasteiger partial charge in [-0.25, -0.2) is 0 Å². The Hall–Kier alpha value is -2.20. The van der Waals surface area contributed by atoms with E-state index in [1.807, 2.05) is 19.1 Å². The van der Waals surface area contributed by atoms with E-state index in [-0.39, 0.29) is 0 Å². The topological polar surface area (TPSA) is 3.24 Å². The molecule has 0 bridgehead atoms. The van der Waals surface area contributed by atoms with Crippen molar-refractivity contribution in [2.45, 2.75) is 47.0 Å². The number of terminal acetylenes is 1. The molecule has 0 aliphatic rings. The first kappa shape index (κ1) is 20.8. The minimum absolute atomic E-state index is 0.623. The summed E-state index contributed by atoms with van der Waals surface area (Å²) < 4.78 is 0. The van der Waals surface area contributed by atoms with E-state index >= 15 is 0 Å². The second-order valence-corrected chi connectivity index (χ2v) is 6.72. The maximum absolute atomic E-state index is 5.44. The summed E-state index contributed by atoms with van der Waals surface area (Å²) in [4.78, 5) is 2.42. The van der Waals surface area contributed by atoms with E-state index in [0.29, 0.717) is 5.92 Å². The number of hydrogen-bond donors (Lipinski definition) is 0. The van der Waals surface area contributed by atoms with Gasteiger partial charge < -0.3 is 4.90 Å². The molecule has 0 aliphatic carbocycles. The molecule has 0 saturated carbocycles. The molecule has 1 atom stereocenters. The largest absolute Gasteiger partial charge is 0.372 e. The molecule has 0 N–H and O–H groups in total. The van der Waals surface area contributed by atoms with Crippen LogP contribution in [0.1, 0.15) is 51.2 Å². The Kier molecular flexibility index (Phi) is 9.48. The lowest BCUT2D eigenvalue weighted by Gasteiger charge is -2.28. The molecule has 1 aromatic carbocycles. The zero-order chi connectivity index (χ0) is 18.7. The lowest BCUT2D eigenvalue weighted by molar-refractivity contribution is 0.356. The van der Waals surface area contributed by atoms with Gasteiger partial charge in [-0.2, -0.15) is 0 Å². The third kappa shape index (κ3) is 7.48. The minimum atomic E-state index is 0.623. The molecular weight excluding hydrogens is 302 g/mol. The molecule has 0 amide bonds. The summed E-state index contributed by atoms with van der Waals surface area (Å²) in [7, 11) is 0. The van der Waals surface area contributed by atoms with E-state index < -0.39 is 0 Å². The molecule has 25 heavy (non-hydrogen) atoms. The lowest BCUT2D eigenvalue weighted by Crippen LogP contribution is -2.25. The highest BCUT2D eigenvalue weighted by molar-refractivity contribution is 5.62. The van der Waals surface area contributed by atoms with Crippen LogP contribution in [-0.4, -0.2) is 18.0 Å². The van der Waals surface area contributed by atoms with Gasteiger partial charge in [0, 0.05) is 24.4 Å². The minimum Gasteiger partial charge on any atom is -0.372 e. The van der Waals surface area contributed by atoms with E-state index in [1.54, 1.807) is 0 Å². The van der Waals surface area contributed by atoms with Crippen LogP contribution in [0.15, 0.2) is 54.6 Å². The van der Waals surface area contributed by atoms with E-state index in [1.165, 1.54) is 11.1 Å². The number of benzene rings is 1. The Bertz CT molecular complexity index is 625. The Morgan fingerprint density at radius 2 is 1.96 bits per heavy atom. The fraction of sp³-hybridized carbons (Fsp3) is 0.417. The summed E-state index contributed by atoms with van der Waals surface area (Å²) in [6.45, 7) is 15.0. The van der Waals surface area contributed by atoms with Gasteiger partial charge in [-0.1, -0.05) is 74.4 Å². The van der Waals surface area contributed by atoms with Crippen molar-refractivity contribution in [3.8, 4) is 12.3 Å². The van der Waals surface area contributed by atoms with Gasteiger partial charge in [0.25, 0.3) is 0 Å². The maximum Gasteiger partial charge on any atom is 0.0366 e. The second kappa shape index (κ2) is 11.4. The predicted octanol–water partition coefficient (Wildman–Crippen LogP) is 6.23. The molecule has 0 aromatic heterocycles. The molecule has 1 rings (SSSR count). The molecule has 0 radical (unpaired) electrons. The van der Waals surface area contributed by atoms with Crippen molar-refractivity contribution < 1.29 is 0 Å². The second-order valence-electron chi connectivity index (χ2n) is 6.72. The highest BCUT2D eigenvalue weighted by Crippen LogP contribution is 2.20. The van der Waals surface area contributed by atoms with Crippen molar-refractivity contribution >= 4 is 5.70 Å². The van der Waals surface area contributed by atoms with Crippen LogP contribution in [0.3, 0.4) is 0 Å². The molecule has 0 spiro atoms. The van der Waals surface area contributed by atoms with Crippen molar-refractivity contribution in [3.63, 3.8) is 0 Å². The molecule has 1 nitrogen and oxygen atoms in total. The number of hydrogen-bond acceptors (Lipinski definition) is 1. The standard InChI is InChI=1S/C24H33N/c1-7-18-25(22(6)24-15-13-21(5)14-16-24)19-17-20(4)11-10-12-23(8-2)9-3/h2,9-10,12-16,20H,6-7,11,17-19H2,1,3-5H3/b12-10-,23-9-. The fourth-order valence-corrected chi connectivity index (χ4v) is 2.73. The quantitative estimate of drug-likeness (QED) is 0.362. The van der Waals surface area contributed by atoms with Gasteiger partial charge in [0.15, 0.2) is 0 Å². The van der Waals surface area contributed by atoms with Crippen LogP contribution in [0, 0.1) is 25.2 Å².